The van der Waals surface area contributed by atoms with Crippen molar-refractivity contribution in [2.75, 3.05) is 13.6 Å². The second-order valence-corrected chi connectivity index (χ2v) is 5.02. The highest BCUT2D eigenvalue weighted by Gasteiger charge is 2.29. The summed E-state index contributed by atoms with van der Waals surface area (Å²) < 4.78 is 0. The van der Waals surface area contributed by atoms with Crippen molar-refractivity contribution in [1.82, 2.24) is 4.90 Å². The molecule has 1 aromatic rings. The number of hydrogen-bond acceptors (Lipinski definition) is 3. The van der Waals surface area contributed by atoms with Gasteiger partial charge in [0, 0.05) is 17.3 Å². The Morgan fingerprint density at radius 3 is 3.00 bits per heavy atom. The Morgan fingerprint density at radius 2 is 2.43 bits per heavy atom. The normalized spacial score (nSPS) is 16.1. The van der Waals surface area contributed by atoms with Crippen molar-refractivity contribution in [3.63, 3.8) is 0 Å². The van der Waals surface area contributed by atoms with Gasteiger partial charge >= 0.3 is 0 Å². The van der Waals surface area contributed by atoms with Gasteiger partial charge in [0.1, 0.15) is 5.78 Å². The first-order chi connectivity index (χ1) is 6.75. The lowest BCUT2D eigenvalue weighted by Crippen LogP contribution is -2.26. The van der Waals surface area contributed by atoms with Crippen molar-refractivity contribution in [2.24, 2.45) is 5.92 Å². The Labute approximate surface area is 88.5 Å². The molecule has 0 atom stereocenters. The highest BCUT2D eigenvalue weighted by molar-refractivity contribution is 7.09. The Kier molecular flexibility index (Phi) is 2.99. The summed E-state index contributed by atoms with van der Waals surface area (Å²) in [7, 11) is 2.01. The van der Waals surface area contributed by atoms with Crippen LogP contribution in [0.3, 0.4) is 0 Å². The summed E-state index contributed by atoms with van der Waals surface area (Å²) in [5, 5.41) is 2.08. The number of carbonyl (C=O) groups excluding carboxylic acids is 1. The van der Waals surface area contributed by atoms with Crippen LogP contribution in [0.2, 0.25) is 0 Å². The monoisotopic (exact) mass is 209 g/mol. The van der Waals surface area contributed by atoms with Gasteiger partial charge in [-0.05, 0) is 31.3 Å². The van der Waals surface area contributed by atoms with Gasteiger partial charge in [0.05, 0.1) is 6.54 Å². The van der Waals surface area contributed by atoms with Crippen molar-refractivity contribution >= 4 is 17.1 Å². The zero-order chi connectivity index (χ0) is 9.97. The molecular formula is C11H15NOS. The number of ketones is 1. The standard InChI is InChI=1S/C11H15NOS/c1-12(7-10-3-2-6-14-10)8-11(13)9-4-5-9/h2-3,6,9H,4-5,7-8H2,1H3. The minimum atomic E-state index is 0.390. The van der Waals surface area contributed by atoms with Gasteiger partial charge < -0.3 is 0 Å². The van der Waals surface area contributed by atoms with Gasteiger partial charge in [0.25, 0.3) is 0 Å². The molecule has 0 N–H and O–H groups in total. The summed E-state index contributed by atoms with van der Waals surface area (Å²) in [6, 6.07) is 4.17. The smallest absolute Gasteiger partial charge is 0.149 e. The SMILES string of the molecule is CN(CC(=O)C1CC1)Cc1cccs1. The average molecular weight is 209 g/mol. The predicted molar refractivity (Wildman–Crippen MR) is 58.4 cm³/mol. The van der Waals surface area contributed by atoms with Gasteiger partial charge in [-0.1, -0.05) is 6.07 Å². The number of nitrogens with zero attached hydrogens (tertiary/aromatic N) is 1. The minimum Gasteiger partial charge on any atom is -0.298 e. The number of rotatable bonds is 5. The molecule has 1 aromatic heterocycles. The molecule has 0 unspecified atom stereocenters. The van der Waals surface area contributed by atoms with Crippen LogP contribution in [0.4, 0.5) is 0 Å². The molecule has 0 spiro atoms. The van der Waals surface area contributed by atoms with E-state index in [-0.39, 0.29) is 0 Å². The predicted octanol–water partition coefficient (Wildman–Crippen LogP) is 2.16. The van der Waals surface area contributed by atoms with Gasteiger partial charge in [-0.15, -0.1) is 11.3 Å². The maximum Gasteiger partial charge on any atom is 0.149 e. The summed E-state index contributed by atoms with van der Waals surface area (Å²) in [5.74, 6) is 0.810. The second kappa shape index (κ2) is 4.24. The van der Waals surface area contributed by atoms with E-state index >= 15 is 0 Å². The molecule has 3 heteroatoms. The first-order valence-corrected chi connectivity index (χ1v) is 5.87. The lowest BCUT2D eigenvalue weighted by Gasteiger charge is -2.13. The Bertz CT molecular complexity index is 303. The van der Waals surface area contributed by atoms with Crippen LogP contribution < -0.4 is 0 Å². The van der Waals surface area contributed by atoms with Gasteiger partial charge in [0.2, 0.25) is 0 Å². The molecule has 0 bridgehead atoms. The first kappa shape index (κ1) is 9.87. The van der Waals surface area contributed by atoms with Crippen LogP contribution in [0, 0.1) is 5.92 Å². The summed E-state index contributed by atoms with van der Waals surface area (Å²) >= 11 is 1.75. The molecule has 1 fully saturated rings. The molecule has 0 saturated heterocycles. The molecule has 1 heterocycles. The number of carbonyl (C=O) groups is 1. The zero-order valence-corrected chi connectivity index (χ0v) is 9.22. The van der Waals surface area contributed by atoms with E-state index in [1.807, 2.05) is 7.05 Å². The van der Waals surface area contributed by atoms with E-state index in [2.05, 4.69) is 22.4 Å². The van der Waals surface area contributed by atoms with E-state index in [0.29, 0.717) is 18.2 Å². The number of likely N-dealkylation sites (N-methyl/N-ethyl adjacent to an activating group) is 1. The van der Waals surface area contributed by atoms with Crippen LogP contribution in [0.25, 0.3) is 0 Å². The van der Waals surface area contributed by atoms with E-state index in [0.717, 1.165) is 19.4 Å². The third-order valence-corrected chi connectivity index (χ3v) is 3.33. The molecule has 1 aliphatic rings. The van der Waals surface area contributed by atoms with Gasteiger partial charge in [-0.3, -0.25) is 9.69 Å². The summed E-state index contributed by atoms with van der Waals surface area (Å²) in [6.45, 7) is 1.51. The van der Waals surface area contributed by atoms with Gasteiger partial charge in [-0.2, -0.15) is 0 Å². The number of hydrogen-bond donors (Lipinski definition) is 0. The quantitative estimate of drug-likeness (QED) is 0.740. The van der Waals surface area contributed by atoms with E-state index in [9.17, 15) is 4.79 Å². The fraction of sp³-hybridized carbons (Fsp3) is 0.545. The van der Waals surface area contributed by atoms with Crippen LogP contribution in [0.1, 0.15) is 17.7 Å². The highest BCUT2D eigenvalue weighted by atomic mass is 32.1. The van der Waals surface area contributed by atoms with E-state index in [4.69, 9.17) is 0 Å². The maximum atomic E-state index is 11.5. The molecule has 1 aliphatic carbocycles. The fourth-order valence-corrected chi connectivity index (χ4v) is 2.31. The van der Waals surface area contributed by atoms with Crippen LogP contribution in [0.15, 0.2) is 17.5 Å². The summed E-state index contributed by atoms with van der Waals surface area (Å²) in [4.78, 5) is 14.9. The largest absolute Gasteiger partial charge is 0.298 e. The minimum absolute atomic E-state index is 0.390. The maximum absolute atomic E-state index is 11.5. The molecule has 0 aliphatic heterocycles. The van der Waals surface area contributed by atoms with E-state index < -0.39 is 0 Å². The molecule has 2 nitrogen and oxygen atoms in total. The van der Waals surface area contributed by atoms with Crippen LogP contribution >= 0.6 is 11.3 Å². The van der Waals surface area contributed by atoms with Crippen molar-refractivity contribution in [2.45, 2.75) is 19.4 Å². The Balaban J connectivity index is 1.78. The summed E-state index contributed by atoms with van der Waals surface area (Å²) in [6.07, 6.45) is 2.23. The van der Waals surface area contributed by atoms with Crippen molar-refractivity contribution in [3.8, 4) is 0 Å². The lowest BCUT2D eigenvalue weighted by molar-refractivity contribution is -0.121. The lowest BCUT2D eigenvalue weighted by atomic mass is 10.2. The van der Waals surface area contributed by atoms with Crippen molar-refractivity contribution in [1.29, 1.82) is 0 Å². The third kappa shape index (κ3) is 2.66. The van der Waals surface area contributed by atoms with E-state index in [1.165, 1.54) is 4.88 Å². The van der Waals surface area contributed by atoms with Gasteiger partial charge in [0.15, 0.2) is 0 Å². The van der Waals surface area contributed by atoms with Crippen LogP contribution in [0.5, 0.6) is 0 Å². The molecule has 0 radical (unpaired) electrons. The first-order valence-electron chi connectivity index (χ1n) is 4.99. The van der Waals surface area contributed by atoms with E-state index in [1.54, 1.807) is 11.3 Å². The molecule has 0 aromatic carbocycles. The number of thiophene rings is 1. The van der Waals surface area contributed by atoms with Gasteiger partial charge in [-0.25, -0.2) is 0 Å². The third-order valence-electron chi connectivity index (χ3n) is 2.46. The average Bonchev–Trinajstić information content (AvgIpc) is 2.87. The Hall–Kier alpha value is -0.670. The Morgan fingerprint density at radius 1 is 1.64 bits per heavy atom. The van der Waals surface area contributed by atoms with Crippen molar-refractivity contribution in [3.05, 3.63) is 22.4 Å². The fourth-order valence-electron chi connectivity index (χ4n) is 1.52. The van der Waals surface area contributed by atoms with Crippen molar-refractivity contribution < 1.29 is 4.79 Å². The highest BCUT2D eigenvalue weighted by Crippen LogP contribution is 2.30. The molecule has 0 amide bonds. The molecular weight excluding hydrogens is 194 g/mol. The summed E-state index contributed by atoms with van der Waals surface area (Å²) in [5.41, 5.74) is 0. The molecule has 1 saturated carbocycles. The second-order valence-electron chi connectivity index (χ2n) is 3.99. The zero-order valence-electron chi connectivity index (χ0n) is 8.40. The molecule has 14 heavy (non-hydrogen) atoms. The molecule has 2 rings (SSSR count). The van der Waals surface area contributed by atoms with Crippen LogP contribution in [-0.4, -0.2) is 24.3 Å². The number of Topliss-reactive ketones (excluding diaryl/α,β-unsaturated/α-hetero) is 1. The van der Waals surface area contributed by atoms with Crippen LogP contribution in [-0.2, 0) is 11.3 Å². The molecule has 76 valence electrons. The topological polar surface area (TPSA) is 20.3 Å².